The van der Waals surface area contributed by atoms with Crippen molar-refractivity contribution in [3.63, 3.8) is 0 Å². The maximum atomic E-state index is 12.4. The lowest BCUT2D eigenvalue weighted by atomic mass is 9.91. The molecule has 2 aromatic carbocycles. The summed E-state index contributed by atoms with van der Waals surface area (Å²) < 4.78 is 0. The van der Waals surface area contributed by atoms with Crippen LogP contribution >= 0.6 is 0 Å². The zero-order chi connectivity index (χ0) is 15.6. The lowest BCUT2D eigenvalue weighted by molar-refractivity contribution is -0.129. The number of hydroxylamine groups is 2. The van der Waals surface area contributed by atoms with Crippen molar-refractivity contribution in [1.29, 1.82) is 0 Å². The summed E-state index contributed by atoms with van der Waals surface area (Å²) >= 11 is 0. The highest BCUT2D eigenvalue weighted by molar-refractivity contribution is 5.89. The normalized spacial score (nSPS) is 30.5. The SMILES string of the molecule is Cc1cccc2c1C1CC13C2CCN3OC(=O)c1ccccc1. The van der Waals surface area contributed by atoms with Gasteiger partial charge in [-0.25, -0.2) is 4.79 Å². The summed E-state index contributed by atoms with van der Waals surface area (Å²) in [6, 6.07) is 15.9. The molecule has 2 aromatic rings. The Kier molecular flexibility index (Phi) is 2.58. The number of fused-ring (bicyclic) bond motifs is 3. The minimum atomic E-state index is -0.237. The Bertz CT molecular complexity index is 801. The fourth-order valence-corrected chi connectivity index (χ4v) is 4.92. The van der Waals surface area contributed by atoms with E-state index in [1.54, 1.807) is 0 Å². The van der Waals surface area contributed by atoms with Gasteiger partial charge in [0.05, 0.1) is 11.1 Å². The van der Waals surface area contributed by atoms with Gasteiger partial charge in [0.25, 0.3) is 0 Å². The number of hydrogen-bond acceptors (Lipinski definition) is 3. The number of hydrogen-bond donors (Lipinski definition) is 0. The molecule has 1 heterocycles. The zero-order valence-corrected chi connectivity index (χ0v) is 13.2. The highest BCUT2D eigenvalue weighted by atomic mass is 16.7. The molecule has 0 radical (unpaired) electrons. The molecule has 3 nitrogen and oxygen atoms in total. The van der Waals surface area contributed by atoms with Gasteiger partial charge in [0.2, 0.25) is 0 Å². The average Bonchev–Trinajstić information content (AvgIpc) is 3.09. The molecule has 1 aliphatic heterocycles. The van der Waals surface area contributed by atoms with E-state index in [-0.39, 0.29) is 11.5 Å². The van der Waals surface area contributed by atoms with Crippen LogP contribution in [0.3, 0.4) is 0 Å². The molecule has 1 saturated heterocycles. The fraction of sp³-hybridized carbons (Fsp3) is 0.350. The Morgan fingerprint density at radius 3 is 2.78 bits per heavy atom. The first kappa shape index (κ1) is 13.3. The molecule has 0 amide bonds. The first-order valence-corrected chi connectivity index (χ1v) is 8.36. The number of carbonyl (C=O) groups excluding carboxylic acids is 1. The van der Waals surface area contributed by atoms with Crippen LogP contribution < -0.4 is 0 Å². The first-order chi connectivity index (χ1) is 11.2. The van der Waals surface area contributed by atoms with Crippen LogP contribution in [0.4, 0.5) is 0 Å². The van der Waals surface area contributed by atoms with Crippen molar-refractivity contribution in [2.45, 2.75) is 37.1 Å². The molecule has 3 aliphatic rings. The maximum absolute atomic E-state index is 12.4. The molecular weight excluding hydrogens is 286 g/mol. The summed E-state index contributed by atoms with van der Waals surface area (Å²) in [7, 11) is 0. The Morgan fingerprint density at radius 1 is 1.13 bits per heavy atom. The van der Waals surface area contributed by atoms with Gasteiger partial charge in [-0.15, -0.1) is 5.06 Å². The molecule has 116 valence electrons. The van der Waals surface area contributed by atoms with Gasteiger partial charge in [-0.05, 0) is 48.6 Å². The van der Waals surface area contributed by atoms with E-state index in [1.807, 2.05) is 35.4 Å². The Hall–Kier alpha value is -2.13. The molecule has 3 heteroatoms. The average molecular weight is 305 g/mol. The van der Waals surface area contributed by atoms with Gasteiger partial charge in [-0.1, -0.05) is 36.4 Å². The van der Waals surface area contributed by atoms with Gasteiger partial charge in [0, 0.05) is 18.4 Å². The van der Waals surface area contributed by atoms with E-state index < -0.39 is 0 Å². The predicted octanol–water partition coefficient (Wildman–Crippen LogP) is 3.80. The quantitative estimate of drug-likeness (QED) is 0.845. The molecule has 5 rings (SSSR count). The fourth-order valence-electron chi connectivity index (χ4n) is 4.92. The van der Waals surface area contributed by atoms with Crippen LogP contribution in [0.2, 0.25) is 0 Å². The summed E-state index contributed by atoms with van der Waals surface area (Å²) in [5.74, 6) is 0.819. The van der Waals surface area contributed by atoms with Gasteiger partial charge in [-0.2, -0.15) is 0 Å². The first-order valence-electron chi connectivity index (χ1n) is 8.36. The summed E-state index contributed by atoms with van der Waals surface area (Å²) in [6.07, 6.45) is 2.20. The van der Waals surface area contributed by atoms with Crippen LogP contribution in [0.15, 0.2) is 48.5 Å². The van der Waals surface area contributed by atoms with Crippen molar-refractivity contribution in [3.8, 4) is 0 Å². The highest BCUT2D eigenvalue weighted by Crippen LogP contribution is 2.72. The third-order valence-electron chi connectivity index (χ3n) is 5.95. The second-order valence-electron chi connectivity index (χ2n) is 7.01. The van der Waals surface area contributed by atoms with E-state index in [2.05, 4.69) is 25.1 Å². The molecule has 1 spiro atoms. The van der Waals surface area contributed by atoms with Crippen LogP contribution in [0.5, 0.6) is 0 Å². The maximum Gasteiger partial charge on any atom is 0.357 e. The Morgan fingerprint density at radius 2 is 1.96 bits per heavy atom. The van der Waals surface area contributed by atoms with E-state index in [1.165, 1.54) is 16.7 Å². The Balaban J connectivity index is 1.44. The summed E-state index contributed by atoms with van der Waals surface area (Å²) in [6.45, 7) is 3.04. The van der Waals surface area contributed by atoms with E-state index >= 15 is 0 Å². The zero-order valence-electron chi connectivity index (χ0n) is 13.2. The van der Waals surface area contributed by atoms with Gasteiger partial charge in [0.1, 0.15) is 0 Å². The van der Waals surface area contributed by atoms with Crippen LogP contribution in [0.1, 0.15) is 51.7 Å². The van der Waals surface area contributed by atoms with E-state index in [0.717, 1.165) is 19.4 Å². The Labute approximate surface area is 135 Å². The molecule has 2 fully saturated rings. The van der Waals surface area contributed by atoms with Crippen molar-refractivity contribution < 1.29 is 9.63 Å². The van der Waals surface area contributed by atoms with Crippen LogP contribution in [-0.4, -0.2) is 23.1 Å². The smallest absolute Gasteiger partial charge is 0.357 e. The molecule has 1 saturated carbocycles. The lowest BCUT2D eigenvalue weighted by Gasteiger charge is -2.24. The van der Waals surface area contributed by atoms with Gasteiger partial charge in [-0.3, -0.25) is 0 Å². The minimum Gasteiger partial charge on any atom is -0.363 e. The van der Waals surface area contributed by atoms with Crippen molar-refractivity contribution in [2.24, 2.45) is 0 Å². The number of benzene rings is 2. The number of rotatable bonds is 2. The second-order valence-corrected chi connectivity index (χ2v) is 7.01. The molecule has 23 heavy (non-hydrogen) atoms. The number of nitrogens with zero attached hydrogens (tertiary/aromatic N) is 1. The van der Waals surface area contributed by atoms with E-state index in [9.17, 15) is 4.79 Å². The molecule has 2 aliphatic carbocycles. The molecule has 3 unspecified atom stereocenters. The van der Waals surface area contributed by atoms with E-state index in [4.69, 9.17) is 4.84 Å². The van der Waals surface area contributed by atoms with Crippen LogP contribution in [0, 0.1) is 6.92 Å². The monoisotopic (exact) mass is 305 g/mol. The summed E-state index contributed by atoms with van der Waals surface area (Å²) in [5, 5.41) is 2.00. The van der Waals surface area contributed by atoms with Crippen LogP contribution in [-0.2, 0) is 4.84 Å². The van der Waals surface area contributed by atoms with Gasteiger partial charge in [0.15, 0.2) is 0 Å². The largest absolute Gasteiger partial charge is 0.363 e. The van der Waals surface area contributed by atoms with Gasteiger partial charge < -0.3 is 4.84 Å². The minimum absolute atomic E-state index is 0.0406. The third-order valence-corrected chi connectivity index (χ3v) is 5.95. The molecular formula is C20H19NO2. The highest BCUT2D eigenvalue weighted by Gasteiger charge is 2.72. The molecule has 0 bridgehead atoms. The number of carbonyl (C=O) groups is 1. The lowest BCUT2D eigenvalue weighted by Crippen LogP contribution is -2.36. The van der Waals surface area contributed by atoms with E-state index in [0.29, 0.717) is 17.4 Å². The second kappa shape index (κ2) is 4.45. The van der Waals surface area contributed by atoms with Crippen molar-refractivity contribution >= 4 is 5.97 Å². The number of aryl methyl sites for hydroxylation is 1. The van der Waals surface area contributed by atoms with Crippen molar-refractivity contribution in [2.75, 3.05) is 6.54 Å². The van der Waals surface area contributed by atoms with Gasteiger partial charge >= 0.3 is 5.97 Å². The standard InChI is InChI=1S/C20H19NO2/c1-13-6-5-9-15-16-10-11-21(20(16)12-17(20)18(13)15)23-19(22)14-7-3-2-4-8-14/h2-9,16-17H,10-12H2,1H3. The molecule has 0 aromatic heterocycles. The third kappa shape index (κ3) is 1.66. The predicted molar refractivity (Wildman–Crippen MR) is 87.2 cm³/mol. The molecule has 3 atom stereocenters. The topological polar surface area (TPSA) is 29.5 Å². The van der Waals surface area contributed by atoms with Crippen LogP contribution in [0.25, 0.3) is 0 Å². The molecule has 0 N–H and O–H groups in total. The summed E-state index contributed by atoms with van der Waals surface area (Å²) in [5.41, 5.74) is 5.04. The van der Waals surface area contributed by atoms with Crippen molar-refractivity contribution in [3.05, 3.63) is 70.8 Å². The summed E-state index contributed by atoms with van der Waals surface area (Å²) in [4.78, 5) is 18.2. The van der Waals surface area contributed by atoms with Crippen molar-refractivity contribution in [1.82, 2.24) is 5.06 Å².